The zero-order valence-corrected chi connectivity index (χ0v) is 17.5. The number of nitrogens with zero attached hydrogens (tertiary/aromatic N) is 2. The highest BCUT2D eigenvalue weighted by molar-refractivity contribution is 7.99. The molecule has 3 rings (SSSR count). The molecule has 0 unspecified atom stereocenters. The van der Waals surface area contributed by atoms with E-state index in [1.807, 2.05) is 24.3 Å². The lowest BCUT2D eigenvalue weighted by atomic mass is 10.1. The number of amides is 1. The molecule has 0 atom stereocenters. The van der Waals surface area contributed by atoms with Crippen molar-refractivity contribution in [3.05, 3.63) is 71.8 Å². The van der Waals surface area contributed by atoms with Gasteiger partial charge in [-0.15, -0.1) is 11.8 Å². The molecule has 0 saturated heterocycles. The number of ether oxygens (including phenoxy) is 1. The summed E-state index contributed by atoms with van der Waals surface area (Å²) in [6, 6.07) is 19.1. The molecule has 0 aliphatic rings. The second-order valence-electron chi connectivity index (χ2n) is 6.42. The molecule has 31 heavy (non-hydrogen) atoms. The van der Waals surface area contributed by atoms with Crippen LogP contribution in [0.2, 0.25) is 0 Å². The number of aromatic carboxylic acids is 1. The Morgan fingerprint density at radius 2 is 1.94 bits per heavy atom. The molecule has 0 fully saturated rings. The minimum Gasteiger partial charge on any atom is -0.497 e. The first kappa shape index (κ1) is 21.9. The molecule has 0 bridgehead atoms. The fourth-order valence-corrected chi connectivity index (χ4v) is 3.66. The standard InChI is InChI=1S/C23H19N3O4S/c1-30-19-8-5-15(6-9-19)20-10-7-17(14-24)22(26-20)31-12-11-21(27)25-18-4-2-3-16(13-18)23(28)29/h2-10,13H,11-12H2,1H3,(H,25,27)(H,28,29). The van der Waals surface area contributed by atoms with E-state index in [2.05, 4.69) is 16.4 Å². The van der Waals surface area contributed by atoms with Gasteiger partial charge in [0.2, 0.25) is 5.91 Å². The minimum absolute atomic E-state index is 0.102. The van der Waals surface area contributed by atoms with Crippen LogP contribution in [0, 0.1) is 11.3 Å². The fourth-order valence-electron chi connectivity index (χ4n) is 2.75. The predicted octanol–water partition coefficient (Wildman–Crippen LogP) is 4.45. The number of methoxy groups -OCH3 is 1. The van der Waals surface area contributed by atoms with E-state index in [1.165, 1.54) is 23.9 Å². The van der Waals surface area contributed by atoms with Crippen molar-refractivity contribution in [3.8, 4) is 23.1 Å². The number of nitriles is 1. The zero-order chi connectivity index (χ0) is 22.2. The van der Waals surface area contributed by atoms with Crippen LogP contribution >= 0.6 is 11.8 Å². The van der Waals surface area contributed by atoms with E-state index in [9.17, 15) is 14.9 Å². The molecule has 0 aliphatic heterocycles. The van der Waals surface area contributed by atoms with Gasteiger partial charge in [0.15, 0.2) is 0 Å². The lowest BCUT2D eigenvalue weighted by Crippen LogP contribution is -2.12. The topological polar surface area (TPSA) is 112 Å². The van der Waals surface area contributed by atoms with Gasteiger partial charge >= 0.3 is 5.97 Å². The molecule has 156 valence electrons. The number of aromatic nitrogens is 1. The zero-order valence-electron chi connectivity index (χ0n) is 16.7. The summed E-state index contributed by atoms with van der Waals surface area (Å²) in [6.07, 6.45) is 0.182. The number of nitrogens with one attached hydrogen (secondary N) is 1. The number of thioether (sulfide) groups is 1. The van der Waals surface area contributed by atoms with E-state index >= 15 is 0 Å². The highest BCUT2D eigenvalue weighted by Crippen LogP contribution is 2.27. The molecule has 8 heteroatoms. The molecule has 0 aliphatic carbocycles. The number of pyridine rings is 1. The fraction of sp³-hybridized carbons (Fsp3) is 0.130. The first-order valence-corrected chi connectivity index (χ1v) is 10.3. The van der Waals surface area contributed by atoms with Gasteiger partial charge in [-0.1, -0.05) is 6.07 Å². The average Bonchev–Trinajstić information content (AvgIpc) is 2.79. The van der Waals surface area contributed by atoms with Crippen molar-refractivity contribution >= 4 is 29.3 Å². The van der Waals surface area contributed by atoms with E-state index in [4.69, 9.17) is 9.84 Å². The first-order valence-electron chi connectivity index (χ1n) is 9.31. The largest absolute Gasteiger partial charge is 0.497 e. The van der Waals surface area contributed by atoms with E-state index in [1.54, 1.807) is 31.4 Å². The monoisotopic (exact) mass is 433 g/mol. The summed E-state index contributed by atoms with van der Waals surface area (Å²) < 4.78 is 5.17. The van der Waals surface area contributed by atoms with Crippen LogP contribution in [0.3, 0.4) is 0 Å². The predicted molar refractivity (Wildman–Crippen MR) is 118 cm³/mol. The quantitative estimate of drug-likeness (QED) is 0.505. The lowest BCUT2D eigenvalue weighted by Gasteiger charge is -2.08. The molecule has 2 aromatic carbocycles. The third kappa shape index (κ3) is 5.84. The van der Waals surface area contributed by atoms with Crippen LogP contribution in [0.5, 0.6) is 5.75 Å². The molecule has 2 N–H and O–H groups in total. The second kappa shape index (κ2) is 10.3. The molecule has 1 heterocycles. The number of carbonyl (C=O) groups is 2. The first-order chi connectivity index (χ1) is 15.0. The third-order valence-electron chi connectivity index (χ3n) is 4.33. The van der Waals surface area contributed by atoms with Crippen molar-refractivity contribution in [2.75, 3.05) is 18.2 Å². The second-order valence-corrected chi connectivity index (χ2v) is 7.51. The number of hydrogen-bond donors (Lipinski definition) is 2. The maximum absolute atomic E-state index is 12.2. The van der Waals surface area contributed by atoms with Gasteiger partial charge in [-0.2, -0.15) is 5.26 Å². The van der Waals surface area contributed by atoms with E-state index in [0.29, 0.717) is 22.0 Å². The SMILES string of the molecule is COc1ccc(-c2ccc(C#N)c(SCCC(=O)Nc3cccc(C(=O)O)c3)n2)cc1. The van der Waals surface area contributed by atoms with Gasteiger partial charge < -0.3 is 15.2 Å². The summed E-state index contributed by atoms with van der Waals surface area (Å²) in [4.78, 5) is 27.8. The van der Waals surface area contributed by atoms with E-state index in [-0.39, 0.29) is 17.9 Å². The lowest BCUT2D eigenvalue weighted by molar-refractivity contribution is -0.115. The molecule has 0 spiro atoms. The number of carboxylic acids is 1. The summed E-state index contributed by atoms with van der Waals surface area (Å²) in [5, 5.41) is 21.7. The summed E-state index contributed by atoms with van der Waals surface area (Å²) in [7, 11) is 1.60. The molecule has 0 saturated carbocycles. The molecule has 0 radical (unpaired) electrons. The Morgan fingerprint density at radius 3 is 2.61 bits per heavy atom. The van der Waals surface area contributed by atoms with Crippen molar-refractivity contribution in [3.63, 3.8) is 0 Å². The van der Waals surface area contributed by atoms with Crippen LogP contribution in [0.4, 0.5) is 5.69 Å². The Bertz CT molecular complexity index is 1140. The van der Waals surface area contributed by atoms with Crippen LogP contribution in [-0.4, -0.2) is 34.8 Å². The van der Waals surface area contributed by atoms with Crippen molar-refractivity contribution < 1.29 is 19.4 Å². The number of rotatable bonds is 8. The number of hydrogen-bond acceptors (Lipinski definition) is 6. The Balaban J connectivity index is 1.64. The molecular formula is C23H19N3O4S. The molecular weight excluding hydrogens is 414 g/mol. The summed E-state index contributed by atoms with van der Waals surface area (Å²) in [6.45, 7) is 0. The van der Waals surface area contributed by atoms with Gasteiger partial charge in [-0.25, -0.2) is 9.78 Å². The molecule has 1 aromatic heterocycles. The summed E-state index contributed by atoms with van der Waals surface area (Å²) in [5.41, 5.74) is 2.58. The van der Waals surface area contributed by atoms with Crippen LogP contribution in [0.15, 0.2) is 65.7 Å². The number of benzene rings is 2. The van der Waals surface area contributed by atoms with Crippen LogP contribution in [-0.2, 0) is 4.79 Å². The van der Waals surface area contributed by atoms with Gasteiger partial charge in [-0.05, 0) is 54.6 Å². The number of carbonyl (C=O) groups excluding carboxylic acids is 1. The molecule has 1 amide bonds. The van der Waals surface area contributed by atoms with Gasteiger partial charge in [0.05, 0.1) is 23.9 Å². The van der Waals surface area contributed by atoms with Crippen LogP contribution in [0.1, 0.15) is 22.3 Å². The van der Waals surface area contributed by atoms with Gasteiger partial charge in [0.25, 0.3) is 0 Å². The van der Waals surface area contributed by atoms with E-state index in [0.717, 1.165) is 17.0 Å². The number of carboxylic acid groups (broad SMARTS) is 1. The smallest absolute Gasteiger partial charge is 0.335 e. The summed E-state index contributed by atoms with van der Waals surface area (Å²) in [5.74, 6) is -0.150. The Kier molecular flexibility index (Phi) is 7.25. The van der Waals surface area contributed by atoms with Gasteiger partial charge in [0.1, 0.15) is 16.8 Å². The van der Waals surface area contributed by atoms with Gasteiger partial charge in [0, 0.05) is 23.4 Å². The summed E-state index contributed by atoms with van der Waals surface area (Å²) >= 11 is 1.32. The van der Waals surface area contributed by atoms with E-state index < -0.39 is 5.97 Å². The number of anilines is 1. The minimum atomic E-state index is -1.06. The van der Waals surface area contributed by atoms with Crippen molar-refractivity contribution in [1.82, 2.24) is 4.98 Å². The molecule has 3 aromatic rings. The van der Waals surface area contributed by atoms with Crippen LogP contribution < -0.4 is 10.1 Å². The van der Waals surface area contributed by atoms with Gasteiger partial charge in [-0.3, -0.25) is 4.79 Å². The molecule has 7 nitrogen and oxygen atoms in total. The average molecular weight is 433 g/mol. The Morgan fingerprint density at radius 1 is 1.16 bits per heavy atom. The van der Waals surface area contributed by atoms with Crippen molar-refractivity contribution in [2.45, 2.75) is 11.4 Å². The van der Waals surface area contributed by atoms with Crippen molar-refractivity contribution in [1.29, 1.82) is 5.26 Å². The maximum atomic E-state index is 12.2. The third-order valence-corrected chi connectivity index (χ3v) is 5.32. The maximum Gasteiger partial charge on any atom is 0.335 e. The van der Waals surface area contributed by atoms with Crippen molar-refractivity contribution in [2.24, 2.45) is 0 Å². The Labute approximate surface area is 183 Å². The highest BCUT2D eigenvalue weighted by atomic mass is 32.2. The Hall–Kier alpha value is -3.83. The van der Waals surface area contributed by atoms with Crippen LogP contribution in [0.25, 0.3) is 11.3 Å². The normalized spacial score (nSPS) is 10.2. The highest BCUT2D eigenvalue weighted by Gasteiger charge is 2.11.